The molecule has 0 aromatic heterocycles. The number of carbonyl (C=O) groups is 2. The molecule has 0 heterocycles. The molecule has 0 spiro atoms. The molecule has 0 saturated heterocycles. The number of amides is 1. The van der Waals surface area contributed by atoms with Gasteiger partial charge < -0.3 is 20.0 Å². The van der Waals surface area contributed by atoms with Crippen molar-refractivity contribution in [2.45, 2.75) is 83.3 Å². The van der Waals surface area contributed by atoms with Gasteiger partial charge in [0.2, 0.25) is 0 Å². The summed E-state index contributed by atoms with van der Waals surface area (Å²) in [6, 6.07) is 8.69. The highest BCUT2D eigenvalue weighted by Gasteiger charge is 2.63. The molecule has 1 aromatic carbocycles. The minimum atomic E-state index is -0.978. The van der Waals surface area contributed by atoms with Crippen molar-refractivity contribution in [3.8, 4) is 12.3 Å². The average molecular weight is 547 g/mol. The number of terminal acetylenes is 1. The zero-order chi connectivity index (χ0) is 28.5. The Balaban J connectivity index is 1.20. The summed E-state index contributed by atoms with van der Waals surface area (Å²) in [5, 5.41) is 18.2. The van der Waals surface area contributed by atoms with E-state index in [0.717, 1.165) is 56.2 Å². The maximum atomic E-state index is 12.6. The molecule has 7 nitrogen and oxygen atoms in total. The standard InChI is InChI=1S/C33H42N2O5/c1-5-33(38)18-15-27-25-12-11-23-20-24(13-16-31(23,2)26(25)14-17-32(27,33)3)35-40-21-29(36)34-28(30(37)39-4)19-22-9-7-6-8-10-22/h1,6-10,20,25-28,38H,11-19,21H2,2-4H3,(H,34,36)/t25?,26?,27?,28?,31-,32-,33+/m0/s1. The van der Waals surface area contributed by atoms with Crippen LogP contribution >= 0.6 is 0 Å². The van der Waals surface area contributed by atoms with Crippen LogP contribution in [0.15, 0.2) is 47.1 Å². The molecule has 7 heteroatoms. The second-order valence-electron chi connectivity index (χ2n) is 12.7. The van der Waals surface area contributed by atoms with Crippen molar-refractivity contribution in [1.29, 1.82) is 0 Å². The Morgan fingerprint density at radius 2 is 1.88 bits per heavy atom. The van der Waals surface area contributed by atoms with E-state index in [0.29, 0.717) is 30.6 Å². The van der Waals surface area contributed by atoms with E-state index in [9.17, 15) is 14.7 Å². The summed E-state index contributed by atoms with van der Waals surface area (Å²) < 4.78 is 4.88. The number of hydrogen-bond acceptors (Lipinski definition) is 6. The van der Waals surface area contributed by atoms with Crippen LogP contribution in [-0.4, -0.2) is 48.1 Å². The molecular formula is C33H42N2O5. The minimum Gasteiger partial charge on any atom is -0.467 e. The number of esters is 1. The Bertz CT molecular complexity index is 1230. The molecule has 4 aliphatic carbocycles. The fraction of sp³-hybridized carbons (Fsp3) is 0.606. The number of rotatable bonds is 7. The van der Waals surface area contributed by atoms with Gasteiger partial charge in [0.15, 0.2) is 6.61 Å². The van der Waals surface area contributed by atoms with Crippen LogP contribution in [0.4, 0.5) is 0 Å². The number of ether oxygens (including phenoxy) is 1. The Morgan fingerprint density at radius 1 is 1.12 bits per heavy atom. The smallest absolute Gasteiger partial charge is 0.328 e. The predicted octanol–water partition coefficient (Wildman–Crippen LogP) is 4.59. The lowest BCUT2D eigenvalue weighted by molar-refractivity contribution is -0.145. The summed E-state index contributed by atoms with van der Waals surface area (Å²) in [5.74, 6) is 3.49. The maximum absolute atomic E-state index is 12.6. The quantitative estimate of drug-likeness (QED) is 0.296. The Hall–Kier alpha value is -3.11. The number of methoxy groups -OCH3 is 1. The normalized spacial score (nSPS) is 36.2. The molecule has 3 saturated carbocycles. The van der Waals surface area contributed by atoms with E-state index in [4.69, 9.17) is 16.0 Å². The van der Waals surface area contributed by atoms with Crippen molar-refractivity contribution >= 4 is 17.6 Å². The summed E-state index contributed by atoms with van der Waals surface area (Å²) in [5.41, 5.74) is 2.15. The molecule has 1 aromatic rings. The Labute approximate surface area is 237 Å². The van der Waals surface area contributed by atoms with Gasteiger partial charge >= 0.3 is 5.97 Å². The van der Waals surface area contributed by atoms with E-state index in [1.807, 2.05) is 30.3 Å². The van der Waals surface area contributed by atoms with Gasteiger partial charge in [0, 0.05) is 11.8 Å². The number of nitrogens with zero attached hydrogens (tertiary/aromatic N) is 1. The lowest BCUT2D eigenvalue weighted by atomic mass is 9.46. The molecule has 5 rings (SSSR count). The Kier molecular flexibility index (Phi) is 7.85. The maximum Gasteiger partial charge on any atom is 0.328 e. The first-order chi connectivity index (χ1) is 19.1. The first kappa shape index (κ1) is 28.4. The highest BCUT2D eigenvalue weighted by molar-refractivity contribution is 5.96. The van der Waals surface area contributed by atoms with Gasteiger partial charge in [0.05, 0.1) is 12.8 Å². The van der Waals surface area contributed by atoms with Crippen molar-refractivity contribution in [3.05, 3.63) is 47.5 Å². The van der Waals surface area contributed by atoms with Crippen LogP contribution in [0.1, 0.15) is 70.8 Å². The molecule has 0 radical (unpaired) electrons. The molecule has 0 aliphatic heterocycles. The largest absolute Gasteiger partial charge is 0.467 e. The third-order valence-electron chi connectivity index (χ3n) is 10.8. The third kappa shape index (κ3) is 4.96. The van der Waals surface area contributed by atoms with Gasteiger partial charge in [-0.05, 0) is 86.2 Å². The van der Waals surface area contributed by atoms with Gasteiger partial charge in [-0.2, -0.15) is 0 Å². The Morgan fingerprint density at radius 3 is 2.60 bits per heavy atom. The average Bonchev–Trinajstić information content (AvgIpc) is 3.23. The highest BCUT2D eigenvalue weighted by atomic mass is 16.6. The first-order valence-electron chi connectivity index (χ1n) is 14.6. The molecule has 40 heavy (non-hydrogen) atoms. The fourth-order valence-corrected chi connectivity index (χ4v) is 8.49. The topological polar surface area (TPSA) is 97.2 Å². The third-order valence-corrected chi connectivity index (χ3v) is 10.8. The van der Waals surface area contributed by atoms with Gasteiger partial charge in [0.1, 0.15) is 11.6 Å². The molecule has 2 N–H and O–H groups in total. The molecule has 1 amide bonds. The van der Waals surface area contributed by atoms with E-state index in [2.05, 4.69) is 36.3 Å². The molecule has 0 bridgehead atoms. The van der Waals surface area contributed by atoms with Gasteiger partial charge in [-0.3, -0.25) is 4.79 Å². The number of nitrogens with one attached hydrogen (secondary N) is 1. The summed E-state index contributed by atoms with van der Waals surface area (Å²) >= 11 is 0. The highest BCUT2D eigenvalue weighted by Crippen LogP contribution is 2.67. The number of allylic oxidation sites excluding steroid dienone is 2. The number of aliphatic hydroxyl groups is 1. The van der Waals surface area contributed by atoms with Crippen molar-refractivity contribution in [3.63, 3.8) is 0 Å². The zero-order valence-corrected chi connectivity index (χ0v) is 23.9. The number of benzene rings is 1. The van der Waals surface area contributed by atoms with Crippen LogP contribution in [0.25, 0.3) is 0 Å². The first-order valence-corrected chi connectivity index (χ1v) is 14.6. The van der Waals surface area contributed by atoms with Crippen LogP contribution in [0.5, 0.6) is 0 Å². The predicted molar refractivity (Wildman–Crippen MR) is 153 cm³/mol. The molecule has 7 atom stereocenters. The summed E-state index contributed by atoms with van der Waals surface area (Å²) in [6.45, 7) is 4.36. The van der Waals surface area contributed by atoms with E-state index in [-0.39, 0.29) is 17.4 Å². The van der Waals surface area contributed by atoms with E-state index in [1.165, 1.54) is 12.7 Å². The van der Waals surface area contributed by atoms with Crippen LogP contribution in [0.3, 0.4) is 0 Å². The second-order valence-corrected chi connectivity index (χ2v) is 12.7. The van der Waals surface area contributed by atoms with Crippen LogP contribution in [0.2, 0.25) is 0 Å². The van der Waals surface area contributed by atoms with Crippen LogP contribution in [0, 0.1) is 40.9 Å². The lowest BCUT2D eigenvalue weighted by Crippen LogP contribution is -2.54. The van der Waals surface area contributed by atoms with Gasteiger partial charge in [-0.25, -0.2) is 4.79 Å². The summed E-state index contributed by atoms with van der Waals surface area (Å²) in [7, 11) is 1.31. The summed E-state index contributed by atoms with van der Waals surface area (Å²) in [6.07, 6.45) is 16.0. The van der Waals surface area contributed by atoms with E-state index < -0.39 is 23.5 Å². The minimum absolute atomic E-state index is 0.114. The SMILES string of the molecule is C#C[C@@]1(O)CCC2C3CCC4=CC(=NOCC(=O)NC(Cc5ccccc5)C(=O)OC)CC[C@]4(C)C3CC[C@@]21C. The van der Waals surface area contributed by atoms with Crippen molar-refractivity contribution in [2.24, 2.45) is 33.7 Å². The van der Waals surface area contributed by atoms with Crippen molar-refractivity contribution in [2.75, 3.05) is 13.7 Å². The van der Waals surface area contributed by atoms with Gasteiger partial charge in [0.25, 0.3) is 5.91 Å². The van der Waals surface area contributed by atoms with Gasteiger partial charge in [-0.15, -0.1) is 6.42 Å². The lowest BCUT2D eigenvalue weighted by Gasteiger charge is -2.58. The number of fused-ring (bicyclic) bond motifs is 5. The van der Waals surface area contributed by atoms with Crippen LogP contribution < -0.4 is 5.32 Å². The van der Waals surface area contributed by atoms with Gasteiger partial charge in [-0.1, -0.05) is 60.8 Å². The van der Waals surface area contributed by atoms with Crippen molar-refractivity contribution < 1.29 is 24.3 Å². The van der Waals surface area contributed by atoms with E-state index >= 15 is 0 Å². The molecule has 214 valence electrons. The number of carbonyl (C=O) groups excluding carboxylic acids is 2. The molecule has 4 unspecified atom stereocenters. The number of hydrogen-bond donors (Lipinski definition) is 2. The number of oxime groups is 1. The molecule has 4 aliphatic rings. The van der Waals surface area contributed by atoms with E-state index in [1.54, 1.807) is 0 Å². The second kappa shape index (κ2) is 11.0. The fourth-order valence-electron chi connectivity index (χ4n) is 8.49. The molecular weight excluding hydrogens is 504 g/mol. The van der Waals surface area contributed by atoms with Crippen molar-refractivity contribution in [1.82, 2.24) is 5.32 Å². The zero-order valence-electron chi connectivity index (χ0n) is 23.9. The monoisotopic (exact) mass is 546 g/mol. The molecule has 3 fully saturated rings. The summed E-state index contributed by atoms with van der Waals surface area (Å²) in [4.78, 5) is 30.3. The van der Waals surface area contributed by atoms with Crippen LogP contribution in [-0.2, 0) is 25.6 Å².